The zero-order valence-corrected chi connectivity index (χ0v) is 8.83. The van der Waals surface area contributed by atoms with Gasteiger partial charge in [-0.15, -0.1) is 0 Å². The van der Waals surface area contributed by atoms with Crippen LogP contribution in [0.1, 0.15) is 5.56 Å². The van der Waals surface area contributed by atoms with Crippen molar-refractivity contribution in [1.29, 1.82) is 0 Å². The van der Waals surface area contributed by atoms with Crippen LogP contribution in [0.3, 0.4) is 0 Å². The predicted octanol–water partition coefficient (Wildman–Crippen LogP) is 1.89. The third-order valence-electron chi connectivity index (χ3n) is 1.96. The highest BCUT2D eigenvalue weighted by molar-refractivity contribution is 6.29. The molecule has 0 aliphatic heterocycles. The number of hydrogen-bond acceptors (Lipinski definition) is 4. The van der Waals surface area contributed by atoms with Crippen molar-refractivity contribution in [3.05, 3.63) is 51.6 Å². The largest absolute Gasteiger partial charge is 0.307 e. The molecule has 2 rings (SSSR count). The van der Waals surface area contributed by atoms with Gasteiger partial charge in [0.1, 0.15) is 17.5 Å². The lowest BCUT2D eigenvalue weighted by Crippen LogP contribution is -2.00. The fourth-order valence-corrected chi connectivity index (χ4v) is 1.33. The maximum Gasteiger partial charge on any atom is 0.307 e. The SMILES string of the molecule is O=[N+]([O-])c1cnn(Cc2ccc(Cl)nc2)c1. The fraction of sp³-hybridized carbons (Fsp3) is 0.111. The Balaban J connectivity index is 2.14. The van der Waals surface area contributed by atoms with E-state index in [4.69, 9.17) is 11.6 Å². The van der Waals surface area contributed by atoms with E-state index in [1.807, 2.05) is 0 Å². The molecule has 0 N–H and O–H groups in total. The van der Waals surface area contributed by atoms with Gasteiger partial charge in [-0.2, -0.15) is 5.10 Å². The van der Waals surface area contributed by atoms with E-state index < -0.39 is 4.92 Å². The summed E-state index contributed by atoms with van der Waals surface area (Å²) in [7, 11) is 0. The zero-order valence-electron chi connectivity index (χ0n) is 8.08. The first-order valence-corrected chi connectivity index (χ1v) is 4.80. The first-order chi connectivity index (χ1) is 7.65. The molecule has 2 aromatic rings. The number of nitrogens with zero attached hydrogens (tertiary/aromatic N) is 4. The summed E-state index contributed by atoms with van der Waals surface area (Å²) in [6.07, 6.45) is 4.19. The smallest absolute Gasteiger partial charge is 0.261 e. The molecule has 0 radical (unpaired) electrons. The van der Waals surface area contributed by atoms with Gasteiger partial charge in [0.2, 0.25) is 0 Å². The molecule has 7 heteroatoms. The van der Waals surface area contributed by atoms with Gasteiger partial charge in [0.15, 0.2) is 0 Å². The van der Waals surface area contributed by atoms with Crippen molar-refractivity contribution in [3.63, 3.8) is 0 Å². The molecule has 0 aliphatic carbocycles. The lowest BCUT2D eigenvalue weighted by Gasteiger charge is -2.00. The standard InChI is InChI=1S/C9H7ClN4O2/c10-9-2-1-7(3-11-9)5-13-6-8(4-12-13)14(15)16/h1-4,6H,5H2. The molecule has 0 saturated heterocycles. The van der Waals surface area contributed by atoms with Gasteiger partial charge in [-0.3, -0.25) is 14.8 Å². The summed E-state index contributed by atoms with van der Waals surface area (Å²) < 4.78 is 1.48. The number of nitro groups is 1. The molecular weight excluding hydrogens is 232 g/mol. The quantitative estimate of drug-likeness (QED) is 0.465. The summed E-state index contributed by atoms with van der Waals surface area (Å²) in [6.45, 7) is 0.429. The van der Waals surface area contributed by atoms with Gasteiger partial charge in [0, 0.05) is 6.20 Å². The molecule has 0 aliphatic rings. The topological polar surface area (TPSA) is 73.8 Å². The normalized spacial score (nSPS) is 10.3. The van der Waals surface area contributed by atoms with Crippen LogP contribution in [0.4, 0.5) is 5.69 Å². The van der Waals surface area contributed by atoms with Crippen LogP contribution in [0.15, 0.2) is 30.7 Å². The molecule has 0 aromatic carbocycles. The number of aromatic nitrogens is 3. The molecular formula is C9H7ClN4O2. The summed E-state index contributed by atoms with van der Waals surface area (Å²) in [6, 6.07) is 3.46. The van der Waals surface area contributed by atoms with Gasteiger partial charge in [0.25, 0.3) is 0 Å². The summed E-state index contributed by atoms with van der Waals surface area (Å²) in [5, 5.41) is 14.7. The highest BCUT2D eigenvalue weighted by atomic mass is 35.5. The van der Waals surface area contributed by atoms with E-state index in [1.54, 1.807) is 18.3 Å². The first kappa shape index (κ1) is 10.6. The van der Waals surface area contributed by atoms with Crippen LogP contribution in [-0.4, -0.2) is 19.7 Å². The first-order valence-electron chi connectivity index (χ1n) is 4.42. The van der Waals surface area contributed by atoms with E-state index >= 15 is 0 Å². The average molecular weight is 239 g/mol. The van der Waals surface area contributed by atoms with Crippen LogP contribution in [0.2, 0.25) is 5.15 Å². The lowest BCUT2D eigenvalue weighted by molar-refractivity contribution is -0.385. The fourth-order valence-electron chi connectivity index (χ4n) is 1.22. The van der Waals surface area contributed by atoms with Crippen molar-refractivity contribution in [1.82, 2.24) is 14.8 Å². The Morgan fingerprint density at radius 1 is 1.44 bits per heavy atom. The van der Waals surface area contributed by atoms with Gasteiger partial charge in [-0.1, -0.05) is 17.7 Å². The van der Waals surface area contributed by atoms with Crippen LogP contribution in [-0.2, 0) is 6.54 Å². The third-order valence-corrected chi connectivity index (χ3v) is 2.19. The van der Waals surface area contributed by atoms with Gasteiger partial charge in [0.05, 0.1) is 11.5 Å². The Bertz CT molecular complexity index is 508. The summed E-state index contributed by atoms with van der Waals surface area (Å²) in [5.41, 5.74) is 0.851. The van der Waals surface area contributed by atoms with Crippen LogP contribution < -0.4 is 0 Å². The van der Waals surface area contributed by atoms with E-state index in [1.165, 1.54) is 17.1 Å². The maximum absolute atomic E-state index is 10.4. The zero-order chi connectivity index (χ0) is 11.5. The second-order valence-corrected chi connectivity index (χ2v) is 3.53. The molecule has 2 aromatic heterocycles. The minimum absolute atomic E-state index is 0.0260. The molecule has 0 atom stereocenters. The lowest BCUT2D eigenvalue weighted by atomic mass is 10.3. The molecule has 0 fully saturated rings. The Morgan fingerprint density at radius 2 is 2.25 bits per heavy atom. The van der Waals surface area contributed by atoms with E-state index in [0.717, 1.165) is 5.56 Å². The number of hydrogen-bond donors (Lipinski definition) is 0. The van der Waals surface area contributed by atoms with E-state index in [-0.39, 0.29) is 5.69 Å². The maximum atomic E-state index is 10.4. The van der Waals surface area contributed by atoms with Crippen LogP contribution >= 0.6 is 11.6 Å². The molecule has 0 amide bonds. The summed E-state index contributed by atoms with van der Waals surface area (Å²) in [5.74, 6) is 0. The summed E-state index contributed by atoms with van der Waals surface area (Å²) in [4.78, 5) is 13.9. The molecule has 2 heterocycles. The Morgan fingerprint density at radius 3 is 2.81 bits per heavy atom. The second kappa shape index (κ2) is 4.28. The Hall–Kier alpha value is -1.95. The molecule has 0 saturated carbocycles. The van der Waals surface area contributed by atoms with Gasteiger partial charge in [-0.25, -0.2) is 4.98 Å². The average Bonchev–Trinajstić information content (AvgIpc) is 2.70. The highest BCUT2D eigenvalue weighted by Crippen LogP contribution is 2.10. The van der Waals surface area contributed by atoms with Crippen molar-refractivity contribution in [2.45, 2.75) is 6.54 Å². The van der Waals surface area contributed by atoms with E-state index in [2.05, 4.69) is 10.1 Å². The van der Waals surface area contributed by atoms with Crippen molar-refractivity contribution < 1.29 is 4.92 Å². The molecule has 0 unspecified atom stereocenters. The van der Waals surface area contributed by atoms with Crippen molar-refractivity contribution in [3.8, 4) is 0 Å². The highest BCUT2D eigenvalue weighted by Gasteiger charge is 2.08. The minimum Gasteiger partial charge on any atom is -0.261 e. The van der Waals surface area contributed by atoms with Crippen LogP contribution in [0.5, 0.6) is 0 Å². The molecule has 0 bridgehead atoms. The van der Waals surface area contributed by atoms with E-state index in [0.29, 0.717) is 11.7 Å². The molecule has 6 nitrogen and oxygen atoms in total. The van der Waals surface area contributed by atoms with Crippen LogP contribution in [0, 0.1) is 10.1 Å². The monoisotopic (exact) mass is 238 g/mol. The van der Waals surface area contributed by atoms with Gasteiger partial charge in [-0.05, 0) is 11.6 Å². The Kier molecular flexibility index (Phi) is 2.82. The summed E-state index contributed by atoms with van der Waals surface area (Å²) >= 11 is 5.64. The predicted molar refractivity (Wildman–Crippen MR) is 57.2 cm³/mol. The molecule has 0 spiro atoms. The number of halogens is 1. The van der Waals surface area contributed by atoms with Crippen molar-refractivity contribution in [2.24, 2.45) is 0 Å². The molecule has 16 heavy (non-hydrogen) atoms. The van der Waals surface area contributed by atoms with Gasteiger partial charge >= 0.3 is 5.69 Å². The molecule has 82 valence electrons. The van der Waals surface area contributed by atoms with Crippen molar-refractivity contribution >= 4 is 17.3 Å². The van der Waals surface area contributed by atoms with E-state index in [9.17, 15) is 10.1 Å². The van der Waals surface area contributed by atoms with Crippen molar-refractivity contribution in [2.75, 3.05) is 0 Å². The third kappa shape index (κ3) is 2.34. The number of rotatable bonds is 3. The van der Waals surface area contributed by atoms with Gasteiger partial charge < -0.3 is 0 Å². The Labute approximate surface area is 95.6 Å². The van der Waals surface area contributed by atoms with Crippen LogP contribution in [0.25, 0.3) is 0 Å². The second-order valence-electron chi connectivity index (χ2n) is 3.14. The number of pyridine rings is 1. The minimum atomic E-state index is -0.483.